The fourth-order valence-electron chi connectivity index (χ4n) is 1.49. The minimum atomic E-state index is 0.701. The standard InChI is InChI=1S/C12H15N3OS/c1-16-11-4-2-3-5-12(11)17-7-6-15-9-10(13)8-14-15/h2-5,8-9H,6-7,13H2,1H3. The summed E-state index contributed by atoms with van der Waals surface area (Å²) in [6, 6.07) is 8.00. The first-order valence-corrected chi connectivity index (χ1v) is 6.32. The summed E-state index contributed by atoms with van der Waals surface area (Å²) in [4.78, 5) is 1.15. The molecule has 4 nitrogen and oxygen atoms in total. The van der Waals surface area contributed by atoms with E-state index in [0.717, 1.165) is 22.9 Å². The molecule has 2 rings (SSSR count). The lowest BCUT2D eigenvalue weighted by Gasteiger charge is -2.07. The molecule has 0 aliphatic carbocycles. The number of hydrogen-bond acceptors (Lipinski definition) is 4. The minimum absolute atomic E-state index is 0.701. The van der Waals surface area contributed by atoms with Crippen LogP contribution < -0.4 is 10.5 Å². The third kappa shape index (κ3) is 3.17. The van der Waals surface area contributed by atoms with Crippen LogP contribution in [0.25, 0.3) is 0 Å². The predicted molar refractivity (Wildman–Crippen MR) is 70.4 cm³/mol. The zero-order chi connectivity index (χ0) is 12.1. The van der Waals surface area contributed by atoms with E-state index in [1.165, 1.54) is 0 Å². The zero-order valence-corrected chi connectivity index (χ0v) is 10.5. The van der Waals surface area contributed by atoms with E-state index in [2.05, 4.69) is 11.2 Å². The Morgan fingerprint density at radius 1 is 1.41 bits per heavy atom. The minimum Gasteiger partial charge on any atom is -0.496 e. The number of nitrogens with zero attached hydrogens (tertiary/aromatic N) is 2. The van der Waals surface area contributed by atoms with Crippen LogP contribution in [-0.2, 0) is 6.54 Å². The smallest absolute Gasteiger partial charge is 0.132 e. The van der Waals surface area contributed by atoms with E-state index >= 15 is 0 Å². The maximum atomic E-state index is 5.60. The fraction of sp³-hybridized carbons (Fsp3) is 0.250. The molecule has 0 aliphatic heterocycles. The van der Waals surface area contributed by atoms with Crippen molar-refractivity contribution in [2.45, 2.75) is 11.4 Å². The topological polar surface area (TPSA) is 53.1 Å². The van der Waals surface area contributed by atoms with Crippen LogP contribution in [0.15, 0.2) is 41.6 Å². The number of anilines is 1. The summed E-state index contributed by atoms with van der Waals surface area (Å²) in [6.07, 6.45) is 3.50. The average Bonchev–Trinajstić information content (AvgIpc) is 2.76. The van der Waals surface area contributed by atoms with Crippen LogP contribution in [0.2, 0.25) is 0 Å². The third-order valence-electron chi connectivity index (χ3n) is 2.30. The summed E-state index contributed by atoms with van der Waals surface area (Å²) in [7, 11) is 1.69. The molecule has 1 aromatic carbocycles. The lowest BCUT2D eigenvalue weighted by atomic mass is 10.3. The first-order chi connectivity index (χ1) is 8.29. The number of aryl methyl sites for hydroxylation is 1. The van der Waals surface area contributed by atoms with E-state index in [1.54, 1.807) is 25.1 Å². The number of benzene rings is 1. The molecule has 0 bridgehead atoms. The van der Waals surface area contributed by atoms with E-state index in [1.807, 2.05) is 29.1 Å². The lowest BCUT2D eigenvalue weighted by Crippen LogP contribution is -2.00. The molecule has 0 atom stereocenters. The second kappa shape index (κ2) is 5.63. The second-order valence-electron chi connectivity index (χ2n) is 3.54. The number of ether oxygens (including phenoxy) is 1. The molecule has 0 saturated carbocycles. The highest BCUT2D eigenvalue weighted by Crippen LogP contribution is 2.28. The Morgan fingerprint density at radius 2 is 2.24 bits per heavy atom. The maximum absolute atomic E-state index is 5.60. The van der Waals surface area contributed by atoms with Gasteiger partial charge >= 0.3 is 0 Å². The van der Waals surface area contributed by atoms with Gasteiger partial charge in [0.2, 0.25) is 0 Å². The molecule has 0 fully saturated rings. The number of nitrogen functional groups attached to an aromatic ring is 1. The Hall–Kier alpha value is -1.62. The van der Waals surface area contributed by atoms with Gasteiger partial charge in [-0.2, -0.15) is 5.10 Å². The van der Waals surface area contributed by atoms with Crippen LogP contribution in [0.5, 0.6) is 5.75 Å². The van der Waals surface area contributed by atoms with Gasteiger partial charge in [-0.3, -0.25) is 4.68 Å². The SMILES string of the molecule is COc1ccccc1SCCn1cc(N)cn1. The van der Waals surface area contributed by atoms with Crippen molar-refractivity contribution in [2.75, 3.05) is 18.6 Å². The average molecular weight is 249 g/mol. The normalized spacial score (nSPS) is 10.4. The number of methoxy groups -OCH3 is 1. The monoisotopic (exact) mass is 249 g/mol. The van der Waals surface area contributed by atoms with Gasteiger partial charge in [0.05, 0.1) is 25.5 Å². The number of aromatic nitrogens is 2. The number of hydrogen-bond donors (Lipinski definition) is 1. The molecule has 0 aliphatic rings. The molecule has 1 aromatic heterocycles. The highest BCUT2D eigenvalue weighted by Gasteiger charge is 2.02. The van der Waals surface area contributed by atoms with Crippen molar-refractivity contribution in [1.82, 2.24) is 9.78 Å². The van der Waals surface area contributed by atoms with Gasteiger partial charge in [-0.1, -0.05) is 12.1 Å². The van der Waals surface area contributed by atoms with Gasteiger partial charge in [0.1, 0.15) is 5.75 Å². The Balaban J connectivity index is 1.89. The Bertz CT molecular complexity index is 484. The number of thioether (sulfide) groups is 1. The molecule has 0 unspecified atom stereocenters. The van der Waals surface area contributed by atoms with Gasteiger partial charge in [0, 0.05) is 16.8 Å². The first kappa shape index (κ1) is 11.9. The van der Waals surface area contributed by atoms with Crippen LogP contribution in [0.4, 0.5) is 5.69 Å². The Morgan fingerprint density at radius 3 is 2.94 bits per heavy atom. The van der Waals surface area contributed by atoms with Gasteiger partial charge in [0.25, 0.3) is 0 Å². The van der Waals surface area contributed by atoms with Crippen molar-refractivity contribution in [3.63, 3.8) is 0 Å². The zero-order valence-electron chi connectivity index (χ0n) is 9.67. The van der Waals surface area contributed by atoms with Crippen LogP contribution in [0, 0.1) is 0 Å². The fourth-order valence-corrected chi connectivity index (χ4v) is 2.46. The molecule has 2 aromatic rings. The van der Waals surface area contributed by atoms with Gasteiger partial charge in [-0.05, 0) is 12.1 Å². The van der Waals surface area contributed by atoms with Gasteiger partial charge in [-0.15, -0.1) is 11.8 Å². The van der Waals surface area contributed by atoms with E-state index in [-0.39, 0.29) is 0 Å². The van der Waals surface area contributed by atoms with Crippen molar-refractivity contribution in [3.8, 4) is 5.75 Å². The first-order valence-electron chi connectivity index (χ1n) is 5.33. The van der Waals surface area contributed by atoms with Crippen LogP contribution in [-0.4, -0.2) is 22.6 Å². The van der Waals surface area contributed by atoms with Gasteiger partial charge in [-0.25, -0.2) is 0 Å². The number of nitrogens with two attached hydrogens (primary N) is 1. The van der Waals surface area contributed by atoms with E-state index in [9.17, 15) is 0 Å². The maximum Gasteiger partial charge on any atom is 0.132 e. The highest BCUT2D eigenvalue weighted by molar-refractivity contribution is 7.99. The van der Waals surface area contributed by atoms with Crippen LogP contribution in [0.1, 0.15) is 0 Å². The van der Waals surface area contributed by atoms with Crippen molar-refractivity contribution < 1.29 is 4.74 Å². The lowest BCUT2D eigenvalue weighted by molar-refractivity contribution is 0.405. The summed E-state index contributed by atoms with van der Waals surface area (Å²) in [5.41, 5.74) is 6.30. The summed E-state index contributed by atoms with van der Waals surface area (Å²) < 4.78 is 7.13. The molecule has 0 amide bonds. The molecule has 1 heterocycles. The van der Waals surface area contributed by atoms with E-state index in [4.69, 9.17) is 10.5 Å². The van der Waals surface area contributed by atoms with Crippen molar-refractivity contribution >= 4 is 17.4 Å². The number of para-hydroxylation sites is 1. The van der Waals surface area contributed by atoms with Crippen LogP contribution >= 0.6 is 11.8 Å². The highest BCUT2D eigenvalue weighted by atomic mass is 32.2. The molecule has 2 N–H and O–H groups in total. The summed E-state index contributed by atoms with van der Waals surface area (Å²) >= 11 is 1.75. The van der Waals surface area contributed by atoms with E-state index < -0.39 is 0 Å². The summed E-state index contributed by atoms with van der Waals surface area (Å²) in [5.74, 6) is 1.85. The molecule has 90 valence electrons. The quantitative estimate of drug-likeness (QED) is 0.826. The van der Waals surface area contributed by atoms with E-state index in [0.29, 0.717) is 5.69 Å². The van der Waals surface area contributed by atoms with Gasteiger partial charge in [0.15, 0.2) is 0 Å². The van der Waals surface area contributed by atoms with Crippen molar-refractivity contribution in [3.05, 3.63) is 36.7 Å². The Kier molecular flexibility index (Phi) is 3.93. The third-order valence-corrected chi connectivity index (χ3v) is 3.34. The number of rotatable bonds is 5. The summed E-state index contributed by atoms with van der Waals surface area (Å²) in [5, 5.41) is 4.14. The molecule has 17 heavy (non-hydrogen) atoms. The van der Waals surface area contributed by atoms with Crippen LogP contribution in [0.3, 0.4) is 0 Å². The summed E-state index contributed by atoms with van der Waals surface area (Å²) in [6.45, 7) is 0.833. The van der Waals surface area contributed by atoms with Gasteiger partial charge < -0.3 is 10.5 Å². The second-order valence-corrected chi connectivity index (χ2v) is 4.67. The van der Waals surface area contributed by atoms with Crippen molar-refractivity contribution in [2.24, 2.45) is 0 Å². The van der Waals surface area contributed by atoms with Crippen molar-refractivity contribution in [1.29, 1.82) is 0 Å². The predicted octanol–water partition coefficient (Wildman–Crippen LogP) is 2.27. The molecule has 0 spiro atoms. The molecular formula is C12H15N3OS. The largest absolute Gasteiger partial charge is 0.496 e. The molecule has 5 heteroatoms. The molecular weight excluding hydrogens is 234 g/mol. The molecule has 0 radical (unpaired) electrons. The Labute approximate surface area is 105 Å². The molecule has 0 saturated heterocycles.